The van der Waals surface area contributed by atoms with Crippen molar-refractivity contribution in [3.8, 4) is 5.75 Å². The fourth-order valence-electron chi connectivity index (χ4n) is 3.32. The van der Waals surface area contributed by atoms with E-state index in [4.69, 9.17) is 4.74 Å². The molecule has 19 heavy (non-hydrogen) atoms. The normalized spacial score (nSPS) is 27.5. The summed E-state index contributed by atoms with van der Waals surface area (Å²) < 4.78 is 5.22. The predicted molar refractivity (Wildman–Crippen MR) is 77.7 cm³/mol. The Balaban J connectivity index is 2.34. The van der Waals surface area contributed by atoms with E-state index in [1.54, 1.807) is 7.11 Å². The van der Waals surface area contributed by atoms with Gasteiger partial charge in [-0.3, -0.25) is 0 Å². The number of likely N-dealkylation sites (N-methyl/N-ethyl adjacent to an activating group) is 1. The van der Waals surface area contributed by atoms with Crippen molar-refractivity contribution in [2.24, 2.45) is 0 Å². The van der Waals surface area contributed by atoms with E-state index < -0.39 is 0 Å². The zero-order valence-electron chi connectivity index (χ0n) is 12.2. The number of benzene rings is 1. The van der Waals surface area contributed by atoms with Gasteiger partial charge in [0.1, 0.15) is 5.75 Å². The first-order valence-corrected chi connectivity index (χ1v) is 7.06. The van der Waals surface area contributed by atoms with Crippen LogP contribution in [0.25, 0.3) is 0 Å². The molecule has 106 valence electrons. The van der Waals surface area contributed by atoms with Crippen LogP contribution in [-0.4, -0.2) is 43.9 Å². The van der Waals surface area contributed by atoms with Gasteiger partial charge < -0.3 is 14.7 Å². The van der Waals surface area contributed by atoms with Crippen LogP contribution in [0.2, 0.25) is 0 Å². The lowest BCUT2D eigenvalue weighted by molar-refractivity contribution is 0.0264. The second-order valence-electron chi connectivity index (χ2n) is 5.88. The molecule has 2 rings (SSSR count). The summed E-state index contributed by atoms with van der Waals surface area (Å²) in [4.78, 5) is 2.18. The van der Waals surface area contributed by atoms with Crippen LogP contribution in [-0.2, 0) is 5.41 Å². The molecule has 3 heteroatoms. The molecule has 3 nitrogen and oxygen atoms in total. The molecule has 1 aromatic rings. The lowest BCUT2D eigenvalue weighted by atomic mass is 9.67. The maximum Gasteiger partial charge on any atom is 0.118 e. The summed E-state index contributed by atoms with van der Waals surface area (Å²) in [6.07, 6.45) is 4.03. The molecule has 0 aromatic heterocycles. The summed E-state index contributed by atoms with van der Waals surface area (Å²) in [5, 5.41) is 10.6. The summed E-state index contributed by atoms with van der Waals surface area (Å²) >= 11 is 0. The minimum Gasteiger partial charge on any atom is -0.497 e. The van der Waals surface area contributed by atoms with Crippen molar-refractivity contribution in [2.45, 2.75) is 37.2 Å². The largest absolute Gasteiger partial charge is 0.497 e. The van der Waals surface area contributed by atoms with Gasteiger partial charge in [0, 0.05) is 12.0 Å². The minimum absolute atomic E-state index is 0.131. The van der Waals surface area contributed by atoms with Gasteiger partial charge in [-0.15, -0.1) is 0 Å². The predicted octanol–water partition coefficient (Wildman–Crippen LogP) is 2.43. The van der Waals surface area contributed by atoms with E-state index in [2.05, 4.69) is 31.1 Å². The van der Waals surface area contributed by atoms with Crippen LogP contribution in [0, 0.1) is 0 Å². The maximum absolute atomic E-state index is 10.6. The minimum atomic E-state index is -0.253. The Hall–Kier alpha value is -1.06. The van der Waals surface area contributed by atoms with Gasteiger partial charge in [0.25, 0.3) is 0 Å². The molecule has 0 heterocycles. The standard InChI is InChI=1S/C16H25NO2/c1-17(2)12-16(11-5-4-6-15(16)18)13-7-9-14(19-3)10-8-13/h7-10,15,18H,4-6,11-12H2,1-3H3/t15-,16+/m1/s1. The van der Waals surface area contributed by atoms with Gasteiger partial charge in [0.15, 0.2) is 0 Å². The van der Waals surface area contributed by atoms with Crippen LogP contribution >= 0.6 is 0 Å². The Kier molecular flexibility index (Phi) is 4.48. The van der Waals surface area contributed by atoms with Gasteiger partial charge in [-0.2, -0.15) is 0 Å². The number of aliphatic hydroxyl groups is 1. The molecule has 1 fully saturated rings. The molecular formula is C16H25NO2. The van der Waals surface area contributed by atoms with Gasteiger partial charge in [-0.05, 0) is 44.6 Å². The lowest BCUT2D eigenvalue weighted by Crippen LogP contribution is -2.49. The van der Waals surface area contributed by atoms with Crippen molar-refractivity contribution in [3.05, 3.63) is 29.8 Å². The molecule has 0 saturated heterocycles. The smallest absolute Gasteiger partial charge is 0.118 e. The number of hydrogen-bond acceptors (Lipinski definition) is 3. The summed E-state index contributed by atoms with van der Waals surface area (Å²) in [6.45, 7) is 0.889. The van der Waals surface area contributed by atoms with Crippen molar-refractivity contribution in [2.75, 3.05) is 27.7 Å². The summed E-state index contributed by atoms with van der Waals surface area (Å²) in [7, 11) is 5.83. The Morgan fingerprint density at radius 3 is 2.47 bits per heavy atom. The van der Waals surface area contributed by atoms with E-state index >= 15 is 0 Å². The molecule has 1 aliphatic rings. The summed E-state index contributed by atoms with van der Waals surface area (Å²) in [5.74, 6) is 0.869. The second kappa shape index (κ2) is 5.93. The van der Waals surface area contributed by atoms with Gasteiger partial charge in [0.2, 0.25) is 0 Å². The molecule has 1 saturated carbocycles. The molecule has 0 aliphatic heterocycles. The third-order valence-corrected chi connectivity index (χ3v) is 4.25. The first kappa shape index (κ1) is 14.4. The van der Waals surface area contributed by atoms with Crippen molar-refractivity contribution in [1.82, 2.24) is 4.90 Å². The molecule has 1 aromatic carbocycles. The number of nitrogens with zero attached hydrogens (tertiary/aromatic N) is 1. The van der Waals surface area contributed by atoms with E-state index in [1.165, 1.54) is 12.0 Å². The lowest BCUT2D eigenvalue weighted by Gasteiger charge is -2.43. The average molecular weight is 263 g/mol. The molecule has 0 radical (unpaired) electrons. The van der Waals surface area contributed by atoms with Crippen LogP contribution in [0.15, 0.2) is 24.3 Å². The van der Waals surface area contributed by atoms with Crippen LogP contribution in [0.1, 0.15) is 31.2 Å². The van der Waals surface area contributed by atoms with Crippen molar-refractivity contribution in [3.63, 3.8) is 0 Å². The molecule has 0 spiro atoms. The molecule has 1 aliphatic carbocycles. The first-order chi connectivity index (χ1) is 9.08. The highest BCUT2D eigenvalue weighted by Crippen LogP contribution is 2.40. The average Bonchev–Trinajstić information content (AvgIpc) is 2.41. The van der Waals surface area contributed by atoms with E-state index in [1.807, 2.05) is 12.1 Å². The van der Waals surface area contributed by atoms with E-state index in [0.29, 0.717) is 0 Å². The van der Waals surface area contributed by atoms with Crippen molar-refractivity contribution < 1.29 is 9.84 Å². The number of aliphatic hydroxyl groups excluding tert-OH is 1. The molecule has 0 bridgehead atoms. The third kappa shape index (κ3) is 2.93. The van der Waals surface area contributed by atoms with E-state index in [9.17, 15) is 5.11 Å². The molecule has 0 amide bonds. The number of hydrogen-bond donors (Lipinski definition) is 1. The fourth-order valence-corrected chi connectivity index (χ4v) is 3.32. The van der Waals surface area contributed by atoms with Crippen molar-refractivity contribution in [1.29, 1.82) is 0 Å². The zero-order valence-corrected chi connectivity index (χ0v) is 12.2. The quantitative estimate of drug-likeness (QED) is 0.905. The van der Waals surface area contributed by atoms with E-state index in [-0.39, 0.29) is 11.5 Å². The first-order valence-electron chi connectivity index (χ1n) is 7.06. The topological polar surface area (TPSA) is 32.7 Å². The molecule has 1 N–H and O–H groups in total. The van der Waals surface area contributed by atoms with Crippen molar-refractivity contribution >= 4 is 0 Å². The molecule has 0 unspecified atom stereocenters. The van der Waals surface area contributed by atoms with Gasteiger partial charge in [0.05, 0.1) is 13.2 Å². The fraction of sp³-hybridized carbons (Fsp3) is 0.625. The van der Waals surface area contributed by atoms with Crippen LogP contribution in [0.5, 0.6) is 5.75 Å². The van der Waals surface area contributed by atoms with Crippen LogP contribution in [0.3, 0.4) is 0 Å². The monoisotopic (exact) mass is 263 g/mol. The summed E-state index contributed by atoms with van der Waals surface area (Å²) in [5.41, 5.74) is 1.10. The summed E-state index contributed by atoms with van der Waals surface area (Å²) in [6, 6.07) is 8.20. The molecule has 2 atom stereocenters. The Labute approximate surface area is 116 Å². The SMILES string of the molecule is COc1ccc([C@@]2(CN(C)C)CCCC[C@H]2O)cc1. The van der Waals surface area contributed by atoms with Gasteiger partial charge in [-0.25, -0.2) is 0 Å². The molecular weight excluding hydrogens is 238 g/mol. The Bertz CT molecular complexity index is 402. The maximum atomic E-state index is 10.6. The number of rotatable bonds is 4. The van der Waals surface area contributed by atoms with E-state index in [0.717, 1.165) is 31.6 Å². The van der Waals surface area contributed by atoms with Crippen LogP contribution < -0.4 is 4.74 Å². The highest BCUT2D eigenvalue weighted by molar-refractivity contribution is 5.34. The van der Waals surface area contributed by atoms with Crippen LogP contribution in [0.4, 0.5) is 0 Å². The van der Waals surface area contributed by atoms with Gasteiger partial charge in [-0.1, -0.05) is 25.0 Å². The third-order valence-electron chi connectivity index (χ3n) is 4.25. The number of ether oxygens (including phenoxy) is 1. The van der Waals surface area contributed by atoms with Gasteiger partial charge >= 0.3 is 0 Å². The Morgan fingerprint density at radius 2 is 1.95 bits per heavy atom. The highest BCUT2D eigenvalue weighted by atomic mass is 16.5. The Morgan fingerprint density at radius 1 is 1.26 bits per heavy atom. The highest BCUT2D eigenvalue weighted by Gasteiger charge is 2.41. The second-order valence-corrected chi connectivity index (χ2v) is 5.88. The number of methoxy groups -OCH3 is 1. The zero-order chi connectivity index (χ0) is 13.9.